The molecule has 1 heterocycles. The minimum absolute atomic E-state index is 0.221. The van der Waals surface area contributed by atoms with Crippen molar-refractivity contribution < 1.29 is 4.79 Å². The number of rotatable bonds is 3. The molecule has 1 saturated heterocycles. The molecule has 4 heteroatoms. The van der Waals surface area contributed by atoms with Gasteiger partial charge < -0.3 is 10.2 Å². The Hall–Kier alpha value is -0.610. The van der Waals surface area contributed by atoms with Crippen molar-refractivity contribution in [2.45, 2.75) is 32.9 Å². The number of nitrogens with one attached hydrogen (secondary N) is 1. The Bertz CT molecular complexity index is 210. The van der Waals surface area contributed by atoms with Gasteiger partial charge in [-0.1, -0.05) is 0 Å². The highest BCUT2D eigenvalue weighted by atomic mass is 16.2. The molecule has 1 rings (SSSR count). The van der Waals surface area contributed by atoms with Crippen molar-refractivity contribution >= 4 is 5.91 Å². The Morgan fingerprint density at radius 1 is 1.40 bits per heavy atom. The van der Waals surface area contributed by atoms with Crippen molar-refractivity contribution in [3.05, 3.63) is 0 Å². The molecule has 1 aliphatic rings. The van der Waals surface area contributed by atoms with Crippen LogP contribution in [0.5, 0.6) is 0 Å². The summed E-state index contributed by atoms with van der Waals surface area (Å²) in [6.45, 7) is 9.60. The van der Waals surface area contributed by atoms with Crippen LogP contribution in [0.15, 0.2) is 0 Å². The zero-order chi connectivity index (χ0) is 11.4. The monoisotopic (exact) mass is 213 g/mol. The second-order valence-corrected chi connectivity index (χ2v) is 4.57. The number of amides is 1. The minimum atomic E-state index is 0.221. The van der Waals surface area contributed by atoms with Crippen LogP contribution in [0.4, 0.5) is 0 Å². The molecule has 0 spiro atoms. The quantitative estimate of drug-likeness (QED) is 0.725. The van der Waals surface area contributed by atoms with Crippen molar-refractivity contribution in [3.63, 3.8) is 0 Å². The molecule has 2 unspecified atom stereocenters. The fraction of sp³-hybridized carbons (Fsp3) is 0.909. The summed E-state index contributed by atoms with van der Waals surface area (Å²) in [6.07, 6.45) is 0. The number of likely N-dealkylation sites (N-methyl/N-ethyl adjacent to an activating group) is 1. The summed E-state index contributed by atoms with van der Waals surface area (Å²) in [5.41, 5.74) is 0. The van der Waals surface area contributed by atoms with E-state index in [9.17, 15) is 4.79 Å². The van der Waals surface area contributed by atoms with E-state index in [2.05, 4.69) is 24.1 Å². The lowest BCUT2D eigenvalue weighted by Gasteiger charge is -2.36. The van der Waals surface area contributed by atoms with Gasteiger partial charge in [-0.25, -0.2) is 0 Å². The zero-order valence-corrected chi connectivity index (χ0v) is 10.3. The van der Waals surface area contributed by atoms with E-state index in [4.69, 9.17) is 0 Å². The normalized spacial score (nSPS) is 27.7. The van der Waals surface area contributed by atoms with Crippen molar-refractivity contribution in [2.75, 3.05) is 33.2 Å². The topological polar surface area (TPSA) is 35.6 Å². The molecule has 15 heavy (non-hydrogen) atoms. The summed E-state index contributed by atoms with van der Waals surface area (Å²) in [5.74, 6) is 0.221. The van der Waals surface area contributed by atoms with Gasteiger partial charge in [0.2, 0.25) is 5.91 Å². The van der Waals surface area contributed by atoms with Crippen molar-refractivity contribution in [2.24, 2.45) is 0 Å². The van der Waals surface area contributed by atoms with Crippen LogP contribution in [0.25, 0.3) is 0 Å². The third-order valence-corrected chi connectivity index (χ3v) is 2.89. The second-order valence-electron chi connectivity index (χ2n) is 4.57. The minimum Gasteiger partial charge on any atom is -0.345 e. The van der Waals surface area contributed by atoms with Gasteiger partial charge in [-0.3, -0.25) is 9.69 Å². The van der Waals surface area contributed by atoms with Crippen LogP contribution < -0.4 is 5.32 Å². The lowest BCUT2D eigenvalue weighted by Crippen LogP contribution is -2.56. The molecule has 1 amide bonds. The summed E-state index contributed by atoms with van der Waals surface area (Å²) in [6, 6.07) is 0.960. The fourth-order valence-corrected chi connectivity index (χ4v) is 2.06. The maximum Gasteiger partial charge on any atom is 0.236 e. The Morgan fingerprint density at radius 3 is 2.40 bits per heavy atom. The highest BCUT2D eigenvalue weighted by Crippen LogP contribution is 2.04. The Kier molecular flexibility index (Phi) is 4.54. The molecular weight excluding hydrogens is 190 g/mol. The molecule has 1 aliphatic heterocycles. The van der Waals surface area contributed by atoms with Crippen LogP contribution in [0.2, 0.25) is 0 Å². The number of nitrogens with zero attached hydrogens (tertiary/aromatic N) is 2. The van der Waals surface area contributed by atoms with E-state index in [1.807, 2.05) is 14.0 Å². The molecule has 4 nitrogen and oxygen atoms in total. The molecule has 0 aromatic heterocycles. The molecule has 0 aliphatic carbocycles. The molecular formula is C11H23N3O. The van der Waals surface area contributed by atoms with Gasteiger partial charge in [-0.05, 0) is 20.8 Å². The first-order valence-corrected chi connectivity index (χ1v) is 5.75. The molecule has 1 fully saturated rings. The summed E-state index contributed by atoms with van der Waals surface area (Å²) < 4.78 is 0. The van der Waals surface area contributed by atoms with Crippen molar-refractivity contribution in [3.8, 4) is 0 Å². The van der Waals surface area contributed by atoms with Crippen molar-refractivity contribution in [1.82, 2.24) is 15.1 Å². The van der Waals surface area contributed by atoms with Gasteiger partial charge in [0.25, 0.3) is 0 Å². The van der Waals surface area contributed by atoms with Gasteiger partial charge in [0.1, 0.15) is 0 Å². The van der Waals surface area contributed by atoms with Gasteiger partial charge >= 0.3 is 0 Å². The van der Waals surface area contributed by atoms with Gasteiger partial charge in [-0.15, -0.1) is 0 Å². The highest BCUT2D eigenvalue weighted by molar-refractivity contribution is 5.77. The maximum atomic E-state index is 11.7. The molecule has 0 radical (unpaired) electrons. The third kappa shape index (κ3) is 3.80. The predicted octanol–water partition coefficient (Wildman–Crippen LogP) is 0.147. The summed E-state index contributed by atoms with van der Waals surface area (Å²) in [7, 11) is 1.86. The summed E-state index contributed by atoms with van der Waals surface area (Å²) >= 11 is 0. The number of piperazine rings is 1. The van der Waals surface area contributed by atoms with E-state index >= 15 is 0 Å². The highest BCUT2D eigenvalue weighted by Gasteiger charge is 2.23. The number of carbonyl (C=O) groups is 1. The van der Waals surface area contributed by atoms with E-state index < -0.39 is 0 Å². The largest absolute Gasteiger partial charge is 0.345 e. The lowest BCUT2D eigenvalue weighted by molar-refractivity contribution is -0.131. The number of hydrogen-bond donors (Lipinski definition) is 1. The van der Waals surface area contributed by atoms with E-state index in [0.29, 0.717) is 18.6 Å². The van der Waals surface area contributed by atoms with Gasteiger partial charge in [0, 0.05) is 38.8 Å². The molecule has 1 N–H and O–H groups in total. The Balaban J connectivity index is 2.40. The molecule has 0 saturated carbocycles. The average molecular weight is 213 g/mol. The van der Waals surface area contributed by atoms with Crippen LogP contribution in [0, 0.1) is 0 Å². The van der Waals surface area contributed by atoms with Gasteiger partial charge in [-0.2, -0.15) is 0 Å². The molecule has 0 aromatic rings. The molecule has 0 aromatic carbocycles. The standard InChI is InChI=1S/C11H23N3O/c1-5-13(4)11(15)8-14-6-9(2)12-10(3)7-14/h9-10,12H,5-8H2,1-4H3. The average Bonchev–Trinajstić information content (AvgIpc) is 2.14. The summed E-state index contributed by atoms with van der Waals surface area (Å²) in [5, 5.41) is 3.46. The SMILES string of the molecule is CCN(C)C(=O)CN1CC(C)NC(C)C1. The van der Waals surface area contributed by atoms with Crippen LogP contribution in [0.1, 0.15) is 20.8 Å². The first-order valence-electron chi connectivity index (χ1n) is 5.75. The van der Waals surface area contributed by atoms with E-state index in [1.54, 1.807) is 4.90 Å². The van der Waals surface area contributed by atoms with Crippen LogP contribution in [0.3, 0.4) is 0 Å². The number of hydrogen-bond acceptors (Lipinski definition) is 3. The van der Waals surface area contributed by atoms with Crippen LogP contribution >= 0.6 is 0 Å². The lowest BCUT2D eigenvalue weighted by atomic mass is 10.1. The van der Waals surface area contributed by atoms with Gasteiger partial charge in [0.15, 0.2) is 0 Å². The maximum absolute atomic E-state index is 11.7. The van der Waals surface area contributed by atoms with E-state index in [1.165, 1.54) is 0 Å². The smallest absolute Gasteiger partial charge is 0.236 e. The first kappa shape index (κ1) is 12.5. The molecule has 0 bridgehead atoms. The third-order valence-electron chi connectivity index (χ3n) is 2.89. The fourth-order valence-electron chi connectivity index (χ4n) is 2.06. The first-order chi connectivity index (χ1) is 7.02. The molecule has 88 valence electrons. The van der Waals surface area contributed by atoms with Crippen LogP contribution in [-0.4, -0.2) is 61.0 Å². The van der Waals surface area contributed by atoms with E-state index in [0.717, 1.165) is 19.6 Å². The zero-order valence-electron chi connectivity index (χ0n) is 10.3. The second kappa shape index (κ2) is 5.47. The van der Waals surface area contributed by atoms with Crippen molar-refractivity contribution in [1.29, 1.82) is 0 Å². The van der Waals surface area contributed by atoms with E-state index in [-0.39, 0.29) is 5.91 Å². The Labute approximate surface area is 92.6 Å². The Morgan fingerprint density at radius 2 is 1.93 bits per heavy atom. The predicted molar refractivity (Wildman–Crippen MR) is 61.8 cm³/mol. The van der Waals surface area contributed by atoms with Gasteiger partial charge in [0.05, 0.1) is 6.54 Å². The van der Waals surface area contributed by atoms with Crippen LogP contribution in [-0.2, 0) is 4.79 Å². The summed E-state index contributed by atoms with van der Waals surface area (Å²) in [4.78, 5) is 15.7. The molecule has 2 atom stereocenters. The number of carbonyl (C=O) groups excluding carboxylic acids is 1.